The highest BCUT2D eigenvalue weighted by Gasteiger charge is 2.21. The van der Waals surface area contributed by atoms with Gasteiger partial charge in [0, 0.05) is 31.7 Å². The van der Waals surface area contributed by atoms with E-state index in [-0.39, 0.29) is 5.91 Å². The predicted octanol–water partition coefficient (Wildman–Crippen LogP) is 2.01. The first kappa shape index (κ1) is 15.9. The molecule has 1 aliphatic rings. The van der Waals surface area contributed by atoms with Gasteiger partial charge in [-0.05, 0) is 37.6 Å². The molecule has 6 nitrogen and oxygen atoms in total. The Morgan fingerprint density at radius 2 is 2.00 bits per heavy atom. The molecule has 24 heavy (non-hydrogen) atoms. The highest BCUT2D eigenvalue weighted by Crippen LogP contribution is 2.15. The summed E-state index contributed by atoms with van der Waals surface area (Å²) in [5, 5.41) is 16.8. The lowest BCUT2D eigenvalue weighted by atomic mass is 10.1. The molecule has 0 unspecified atom stereocenters. The quantitative estimate of drug-likeness (QED) is 0.846. The molecule has 1 aromatic heterocycles. The van der Waals surface area contributed by atoms with E-state index < -0.39 is 0 Å². The number of nitriles is 1. The van der Waals surface area contributed by atoms with Gasteiger partial charge in [-0.2, -0.15) is 5.26 Å². The van der Waals surface area contributed by atoms with Crippen LogP contribution in [0.2, 0.25) is 0 Å². The van der Waals surface area contributed by atoms with Crippen LogP contribution >= 0.6 is 0 Å². The first-order chi connectivity index (χ1) is 11.7. The van der Waals surface area contributed by atoms with Crippen LogP contribution in [0, 0.1) is 18.3 Å². The number of aryl methyl sites for hydroxylation is 1. The predicted molar refractivity (Wildman–Crippen MR) is 90.7 cm³/mol. The number of nitrogens with zero attached hydrogens (tertiary/aromatic N) is 5. The molecule has 1 amide bonds. The van der Waals surface area contributed by atoms with Crippen LogP contribution < -0.4 is 4.90 Å². The summed E-state index contributed by atoms with van der Waals surface area (Å²) >= 11 is 0. The minimum Gasteiger partial charge on any atom is -0.353 e. The molecule has 2 heterocycles. The van der Waals surface area contributed by atoms with E-state index in [0.717, 1.165) is 36.5 Å². The molecule has 0 atom stereocenters. The Kier molecular flexibility index (Phi) is 4.71. The van der Waals surface area contributed by atoms with Crippen molar-refractivity contribution in [3.63, 3.8) is 0 Å². The van der Waals surface area contributed by atoms with Gasteiger partial charge >= 0.3 is 0 Å². The van der Waals surface area contributed by atoms with Crippen molar-refractivity contribution >= 4 is 11.7 Å². The third-order valence-electron chi connectivity index (χ3n) is 4.14. The van der Waals surface area contributed by atoms with Crippen molar-refractivity contribution in [1.82, 2.24) is 15.1 Å². The maximum atomic E-state index is 12.7. The standard InChI is InChI=1S/C18H19N5O/c1-14-4-2-5-15(12-14)18(24)23-9-3-8-22(10-11-23)17-7-6-16(13-19)20-21-17/h2,4-7,12H,3,8-11H2,1H3. The molecule has 1 fully saturated rings. The highest BCUT2D eigenvalue weighted by atomic mass is 16.2. The molecule has 0 saturated carbocycles. The van der Waals surface area contributed by atoms with Crippen LogP contribution in [-0.2, 0) is 0 Å². The molecule has 0 bridgehead atoms. The number of anilines is 1. The average Bonchev–Trinajstić information content (AvgIpc) is 2.87. The normalized spacial score (nSPS) is 14.8. The van der Waals surface area contributed by atoms with Gasteiger partial charge in [-0.25, -0.2) is 0 Å². The summed E-state index contributed by atoms with van der Waals surface area (Å²) < 4.78 is 0. The van der Waals surface area contributed by atoms with Crippen molar-refractivity contribution in [3.8, 4) is 6.07 Å². The van der Waals surface area contributed by atoms with Crippen LogP contribution in [0.1, 0.15) is 28.0 Å². The molecule has 3 rings (SSSR count). The van der Waals surface area contributed by atoms with Gasteiger partial charge in [-0.3, -0.25) is 4.79 Å². The molecule has 0 spiro atoms. The fourth-order valence-corrected chi connectivity index (χ4v) is 2.86. The van der Waals surface area contributed by atoms with E-state index in [9.17, 15) is 4.79 Å². The van der Waals surface area contributed by atoms with Crippen molar-refractivity contribution in [1.29, 1.82) is 5.26 Å². The molecular weight excluding hydrogens is 302 g/mol. The van der Waals surface area contributed by atoms with Crippen molar-refractivity contribution < 1.29 is 4.79 Å². The van der Waals surface area contributed by atoms with Gasteiger partial charge < -0.3 is 9.80 Å². The Balaban J connectivity index is 1.68. The second-order valence-electron chi connectivity index (χ2n) is 5.89. The molecule has 0 N–H and O–H groups in total. The second kappa shape index (κ2) is 7.09. The number of benzene rings is 1. The molecule has 122 valence electrons. The molecule has 1 aromatic carbocycles. The first-order valence-electron chi connectivity index (χ1n) is 8.02. The minimum atomic E-state index is 0.0754. The third kappa shape index (κ3) is 3.51. The van der Waals surface area contributed by atoms with E-state index in [1.165, 1.54) is 0 Å². The van der Waals surface area contributed by atoms with Gasteiger partial charge in [-0.1, -0.05) is 17.7 Å². The van der Waals surface area contributed by atoms with Crippen LogP contribution in [0.25, 0.3) is 0 Å². The smallest absolute Gasteiger partial charge is 0.253 e. The summed E-state index contributed by atoms with van der Waals surface area (Å²) in [5.41, 5.74) is 2.14. The van der Waals surface area contributed by atoms with Crippen molar-refractivity contribution in [2.45, 2.75) is 13.3 Å². The molecule has 1 saturated heterocycles. The van der Waals surface area contributed by atoms with Gasteiger partial charge in [0.1, 0.15) is 6.07 Å². The number of hydrogen-bond donors (Lipinski definition) is 0. The summed E-state index contributed by atoms with van der Waals surface area (Å²) in [7, 11) is 0. The lowest BCUT2D eigenvalue weighted by Crippen LogP contribution is -2.35. The number of aromatic nitrogens is 2. The maximum Gasteiger partial charge on any atom is 0.253 e. The summed E-state index contributed by atoms with van der Waals surface area (Å²) in [6.45, 7) is 4.89. The van der Waals surface area contributed by atoms with Gasteiger partial charge in [-0.15, -0.1) is 10.2 Å². The number of rotatable bonds is 2. The van der Waals surface area contributed by atoms with Crippen molar-refractivity contribution in [2.24, 2.45) is 0 Å². The Labute approximate surface area is 141 Å². The van der Waals surface area contributed by atoms with Crippen LogP contribution in [-0.4, -0.2) is 47.2 Å². The number of carbonyl (C=O) groups is 1. The van der Waals surface area contributed by atoms with Gasteiger partial charge in [0.2, 0.25) is 0 Å². The molecular formula is C18H19N5O. The SMILES string of the molecule is Cc1cccc(C(=O)N2CCCN(c3ccc(C#N)nn3)CC2)c1. The zero-order valence-corrected chi connectivity index (χ0v) is 13.6. The summed E-state index contributed by atoms with van der Waals surface area (Å²) in [6, 6.07) is 13.1. The van der Waals surface area contributed by atoms with E-state index in [1.54, 1.807) is 6.07 Å². The summed E-state index contributed by atoms with van der Waals surface area (Å²) in [5.74, 6) is 0.824. The Morgan fingerprint density at radius 1 is 1.12 bits per heavy atom. The molecule has 0 aliphatic carbocycles. The zero-order valence-electron chi connectivity index (χ0n) is 13.6. The molecule has 6 heteroatoms. The van der Waals surface area contributed by atoms with E-state index in [4.69, 9.17) is 5.26 Å². The molecule has 1 aliphatic heterocycles. The highest BCUT2D eigenvalue weighted by molar-refractivity contribution is 5.94. The summed E-state index contributed by atoms with van der Waals surface area (Å²) in [6.07, 6.45) is 0.874. The Morgan fingerprint density at radius 3 is 2.71 bits per heavy atom. The number of carbonyl (C=O) groups excluding carboxylic acids is 1. The number of amides is 1. The van der Waals surface area contributed by atoms with E-state index in [1.807, 2.05) is 48.2 Å². The third-order valence-corrected chi connectivity index (χ3v) is 4.14. The van der Waals surface area contributed by atoms with Crippen molar-refractivity contribution in [2.75, 3.05) is 31.1 Å². The van der Waals surface area contributed by atoms with Crippen LogP contribution in [0.15, 0.2) is 36.4 Å². The fourth-order valence-electron chi connectivity index (χ4n) is 2.86. The van der Waals surface area contributed by atoms with E-state index >= 15 is 0 Å². The van der Waals surface area contributed by atoms with Crippen LogP contribution in [0.4, 0.5) is 5.82 Å². The molecule has 0 radical (unpaired) electrons. The fraction of sp³-hybridized carbons (Fsp3) is 0.333. The maximum absolute atomic E-state index is 12.7. The average molecular weight is 321 g/mol. The monoisotopic (exact) mass is 321 g/mol. The number of hydrogen-bond acceptors (Lipinski definition) is 5. The second-order valence-corrected chi connectivity index (χ2v) is 5.89. The van der Waals surface area contributed by atoms with Crippen LogP contribution in [0.5, 0.6) is 0 Å². The van der Waals surface area contributed by atoms with Crippen molar-refractivity contribution in [3.05, 3.63) is 53.2 Å². The Hall–Kier alpha value is -2.94. The lowest BCUT2D eigenvalue weighted by molar-refractivity contribution is 0.0767. The van der Waals surface area contributed by atoms with Gasteiger partial charge in [0.05, 0.1) is 0 Å². The largest absolute Gasteiger partial charge is 0.353 e. The molecule has 2 aromatic rings. The minimum absolute atomic E-state index is 0.0754. The summed E-state index contributed by atoms with van der Waals surface area (Å²) in [4.78, 5) is 16.7. The van der Waals surface area contributed by atoms with E-state index in [2.05, 4.69) is 15.1 Å². The first-order valence-corrected chi connectivity index (χ1v) is 8.02. The van der Waals surface area contributed by atoms with E-state index in [0.29, 0.717) is 18.8 Å². The van der Waals surface area contributed by atoms with Crippen LogP contribution in [0.3, 0.4) is 0 Å². The van der Waals surface area contributed by atoms with Gasteiger partial charge in [0.25, 0.3) is 5.91 Å². The Bertz CT molecular complexity index is 766. The topological polar surface area (TPSA) is 73.1 Å². The zero-order chi connectivity index (χ0) is 16.9. The van der Waals surface area contributed by atoms with Gasteiger partial charge in [0.15, 0.2) is 11.5 Å². The lowest BCUT2D eigenvalue weighted by Gasteiger charge is -2.22.